The van der Waals surface area contributed by atoms with Gasteiger partial charge in [0.1, 0.15) is 24.2 Å². The highest BCUT2D eigenvalue weighted by molar-refractivity contribution is 5.31. The van der Waals surface area contributed by atoms with Crippen LogP contribution < -0.4 is 15.2 Å². The summed E-state index contributed by atoms with van der Waals surface area (Å²) in [5.41, 5.74) is 5.29. The molecule has 0 bridgehead atoms. The van der Waals surface area contributed by atoms with Gasteiger partial charge in [0.05, 0.1) is 6.61 Å². The average molecular weight is 269 g/mol. The van der Waals surface area contributed by atoms with Crippen LogP contribution in [-0.4, -0.2) is 44.7 Å². The van der Waals surface area contributed by atoms with Gasteiger partial charge in [0, 0.05) is 20.3 Å². The quantitative estimate of drug-likeness (QED) is 0.624. The number of hydrogen-bond acceptors (Lipinski definition) is 5. The summed E-state index contributed by atoms with van der Waals surface area (Å²) in [7, 11) is 1.70. The van der Waals surface area contributed by atoms with Gasteiger partial charge in [-0.25, -0.2) is 0 Å². The minimum atomic E-state index is -0.628. The van der Waals surface area contributed by atoms with E-state index in [2.05, 4.69) is 0 Å². The normalized spacial score (nSPS) is 12.2. The van der Waals surface area contributed by atoms with E-state index in [0.717, 1.165) is 25.2 Å². The Balaban J connectivity index is 2.23. The Morgan fingerprint density at radius 2 is 1.63 bits per heavy atom. The summed E-state index contributed by atoms with van der Waals surface area (Å²) in [5, 5.41) is 9.28. The fourth-order valence-corrected chi connectivity index (χ4v) is 1.43. The van der Waals surface area contributed by atoms with E-state index >= 15 is 0 Å². The van der Waals surface area contributed by atoms with Crippen LogP contribution in [0.25, 0.3) is 0 Å². The van der Waals surface area contributed by atoms with Gasteiger partial charge in [0.2, 0.25) is 0 Å². The molecule has 1 aromatic carbocycles. The third kappa shape index (κ3) is 7.00. The van der Waals surface area contributed by atoms with Crippen LogP contribution in [0.3, 0.4) is 0 Å². The van der Waals surface area contributed by atoms with E-state index in [4.69, 9.17) is 19.9 Å². The van der Waals surface area contributed by atoms with Gasteiger partial charge in [-0.2, -0.15) is 0 Å². The highest BCUT2D eigenvalue weighted by atomic mass is 16.5. The van der Waals surface area contributed by atoms with Crippen molar-refractivity contribution in [3.05, 3.63) is 24.3 Å². The van der Waals surface area contributed by atoms with Crippen molar-refractivity contribution in [1.82, 2.24) is 0 Å². The monoisotopic (exact) mass is 269 g/mol. The zero-order valence-corrected chi connectivity index (χ0v) is 11.4. The summed E-state index contributed by atoms with van der Waals surface area (Å²) in [6, 6.07) is 7.32. The minimum absolute atomic E-state index is 0.197. The summed E-state index contributed by atoms with van der Waals surface area (Å²) in [4.78, 5) is 0. The van der Waals surface area contributed by atoms with Crippen LogP contribution in [0.1, 0.15) is 12.8 Å². The first kappa shape index (κ1) is 15.8. The van der Waals surface area contributed by atoms with Crippen molar-refractivity contribution >= 4 is 0 Å². The van der Waals surface area contributed by atoms with E-state index in [1.807, 2.05) is 24.3 Å². The molecule has 0 fully saturated rings. The number of methoxy groups -OCH3 is 1. The molecule has 0 aliphatic heterocycles. The molecule has 0 amide bonds. The zero-order valence-electron chi connectivity index (χ0n) is 11.4. The molecule has 5 heteroatoms. The molecule has 0 aromatic heterocycles. The number of benzene rings is 1. The predicted octanol–water partition coefficient (Wildman–Crippen LogP) is 1.19. The van der Waals surface area contributed by atoms with Crippen LogP contribution in [0.4, 0.5) is 0 Å². The lowest BCUT2D eigenvalue weighted by Gasteiger charge is -2.11. The third-order valence-electron chi connectivity index (χ3n) is 2.55. The van der Waals surface area contributed by atoms with Crippen molar-refractivity contribution < 1.29 is 19.3 Å². The summed E-state index contributed by atoms with van der Waals surface area (Å²) in [6.07, 6.45) is 1.33. The second-order valence-corrected chi connectivity index (χ2v) is 4.22. The third-order valence-corrected chi connectivity index (χ3v) is 2.55. The minimum Gasteiger partial charge on any atom is -0.494 e. The van der Waals surface area contributed by atoms with Gasteiger partial charge in [-0.3, -0.25) is 0 Å². The number of aliphatic hydroxyl groups is 1. The van der Waals surface area contributed by atoms with E-state index in [1.54, 1.807) is 7.11 Å². The molecule has 19 heavy (non-hydrogen) atoms. The summed E-state index contributed by atoms with van der Waals surface area (Å²) >= 11 is 0. The standard InChI is InChI=1S/C14H23NO4/c1-17-8-2-3-9-18-13-4-6-14(7-5-13)19-11-12(16)10-15/h4-7,12,16H,2-3,8-11,15H2,1H3. The van der Waals surface area contributed by atoms with E-state index in [9.17, 15) is 5.11 Å². The first-order valence-corrected chi connectivity index (χ1v) is 6.49. The van der Waals surface area contributed by atoms with Crippen LogP contribution in [0, 0.1) is 0 Å². The lowest BCUT2D eigenvalue weighted by Crippen LogP contribution is -2.26. The van der Waals surface area contributed by atoms with Crippen LogP contribution in [0.15, 0.2) is 24.3 Å². The molecule has 0 saturated heterocycles. The molecule has 0 spiro atoms. The molecule has 5 nitrogen and oxygen atoms in total. The molecular weight excluding hydrogens is 246 g/mol. The summed E-state index contributed by atoms with van der Waals surface area (Å²) < 4.78 is 15.9. The molecule has 1 aromatic rings. The van der Waals surface area contributed by atoms with Crippen LogP contribution >= 0.6 is 0 Å². The van der Waals surface area contributed by atoms with Crippen LogP contribution in [0.2, 0.25) is 0 Å². The maximum atomic E-state index is 9.28. The van der Waals surface area contributed by atoms with Crippen LogP contribution in [0.5, 0.6) is 11.5 Å². The maximum Gasteiger partial charge on any atom is 0.119 e. The topological polar surface area (TPSA) is 73.9 Å². The number of unbranched alkanes of at least 4 members (excludes halogenated alkanes) is 1. The molecule has 3 N–H and O–H groups in total. The number of ether oxygens (including phenoxy) is 3. The second kappa shape index (κ2) is 9.61. The fourth-order valence-electron chi connectivity index (χ4n) is 1.43. The van der Waals surface area contributed by atoms with Gasteiger partial charge in [-0.05, 0) is 37.1 Å². The predicted molar refractivity (Wildman–Crippen MR) is 73.6 cm³/mol. The van der Waals surface area contributed by atoms with Gasteiger partial charge >= 0.3 is 0 Å². The van der Waals surface area contributed by atoms with E-state index < -0.39 is 6.10 Å². The van der Waals surface area contributed by atoms with Crippen molar-refractivity contribution in [3.8, 4) is 11.5 Å². The maximum absolute atomic E-state index is 9.28. The Bertz CT molecular complexity index is 329. The van der Waals surface area contributed by atoms with Gasteiger partial charge < -0.3 is 25.1 Å². The van der Waals surface area contributed by atoms with Gasteiger partial charge in [-0.1, -0.05) is 0 Å². The summed E-state index contributed by atoms with van der Waals surface area (Å²) in [5.74, 6) is 1.50. The van der Waals surface area contributed by atoms with Gasteiger partial charge in [0.25, 0.3) is 0 Å². The highest BCUT2D eigenvalue weighted by Gasteiger charge is 2.02. The SMILES string of the molecule is COCCCCOc1ccc(OCC(O)CN)cc1. The zero-order chi connectivity index (χ0) is 13.9. The smallest absolute Gasteiger partial charge is 0.119 e. The molecule has 0 saturated carbocycles. The average Bonchev–Trinajstić information content (AvgIpc) is 2.45. The second-order valence-electron chi connectivity index (χ2n) is 4.22. The van der Waals surface area contributed by atoms with Crippen LogP contribution in [-0.2, 0) is 4.74 Å². The fraction of sp³-hybridized carbons (Fsp3) is 0.571. The van der Waals surface area contributed by atoms with Crippen molar-refractivity contribution in [1.29, 1.82) is 0 Å². The first-order valence-electron chi connectivity index (χ1n) is 6.49. The lowest BCUT2D eigenvalue weighted by molar-refractivity contribution is 0.114. The molecule has 0 aliphatic rings. The Morgan fingerprint density at radius 3 is 2.21 bits per heavy atom. The van der Waals surface area contributed by atoms with E-state index in [-0.39, 0.29) is 13.2 Å². The Kier molecular flexibility index (Phi) is 7.97. The molecule has 1 rings (SSSR count). The first-order chi connectivity index (χ1) is 9.26. The van der Waals surface area contributed by atoms with Crippen molar-refractivity contribution in [2.24, 2.45) is 5.73 Å². The Hall–Kier alpha value is -1.30. The lowest BCUT2D eigenvalue weighted by atomic mass is 10.3. The Labute approximate surface area is 114 Å². The van der Waals surface area contributed by atoms with E-state index in [1.165, 1.54) is 0 Å². The molecule has 1 atom stereocenters. The molecular formula is C14H23NO4. The molecule has 0 radical (unpaired) electrons. The van der Waals surface area contributed by atoms with Crippen molar-refractivity contribution in [2.45, 2.75) is 18.9 Å². The molecule has 0 aliphatic carbocycles. The van der Waals surface area contributed by atoms with Crippen molar-refractivity contribution in [3.63, 3.8) is 0 Å². The largest absolute Gasteiger partial charge is 0.494 e. The summed E-state index contributed by atoms with van der Waals surface area (Å²) in [6.45, 7) is 1.84. The number of aliphatic hydroxyl groups excluding tert-OH is 1. The number of nitrogens with two attached hydrogens (primary N) is 1. The molecule has 108 valence electrons. The van der Waals surface area contributed by atoms with Crippen molar-refractivity contribution in [2.75, 3.05) is 33.5 Å². The molecule has 1 unspecified atom stereocenters. The van der Waals surface area contributed by atoms with Gasteiger partial charge in [-0.15, -0.1) is 0 Å². The number of hydrogen-bond donors (Lipinski definition) is 2. The van der Waals surface area contributed by atoms with E-state index in [0.29, 0.717) is 12.4 Å². The Morgan fingerprint density at radius 1 is 1.05 bits per heavy atom. The molecule has 0 heterocycles. The van der Waals surface area contributed by atoms with Gasteiger partial charge in [0.15, 0.2) is 0 Å². The number of rotatable bonds is 10. The highest BCUT2D eigenvalue weighted by Crippen LogP contribution is 2.17.